The number of hydrogen-bond donors (Lipinski definition) is 1. The molecule has 1 fully saturated rings. The smallest absolute Gasteiger partial charge is 0.121 e. The van der Waals surface area contributed by atoms with E-state index in [-0.39, 0.29) is 6.10 Å². The molecule has 0 amide bonds. The molecule has 0 aromatic heterocycles. The first-order valence-corrected chi connectivity index (χ1v) is 7.28. The summed E-state index contributed by atoms with van der Waals surface area (Å²) >= 11 is 11.9. The monoisotopic (exact) mass is 287 g/mol. The summed E-state index contributed by atoms with van der Waals surface area (Å²) in [7, 11) is 0. The Balaban J connectivity index is 2.04. The second-order valence-electron chi connectivity index (χ2n) is 4.77. The van der Waals surface area contributed by atoms with Gasteiger partial charge in [-0.1, -0.05) is 36.5 Å². The van der Waals surface area contributed by atoms with Gasteiger partial charge in [-0.3, -0.25) is 0 Å². The summed E-state index contributed by atoms with van der Waals surface area (Å²) in [5.74, 6) is 1.41. The van der Waals surface area contributed by atoms with E-state index in [0.29, 0.717) is 16.0 Å². The van der Waals surface area contributed by atoms with Crippen molar-refractivity contribution in [2.45, 2.75) is 32.3 Å². The molecule has 4 heteroatoms. The minimum Gasteiger partial charge on any atom is -0.490 e. The van der Waals surface area contributed by atoms with Crippen LogP contribution >= 0.6 is 23.2 Å². The van der Waals surface area contributed by atoms with E-state index in [2.05, 4.69) is 12.2 Å². The summed E-state index contributed by atoms with van der Waals surface area (Å²) in [6.07, 6.45) is 3.66. The van der Waals surface area contributed by atoms with Crippen LogP contribution in [0.2, 0.25) is 10.0 Å². The Morgan fingerprint density at radius 1 is 1.39 bits per heavy atom. The number of halogens is 2. The van der Waals surface area contributed by atoms with Crippen molar-refractivity contribution in [3.05, 3.63) is 28.2 Å². The van der Waals surface area contributed by atoms with Crippen molar-refractivity contribution in [3.8, 4) is 5.75 Å². The molecule has 0 aliphatic carbocycles. The predicted octanol–water partition coefficient (Wildman–Crippen LogP) is 4.15. The van der Waals surface area contributed by atoms with Crippen LogP contribution < -0.4 is 10.1 Å². The highest BCUT2D eigenvalue weighted by atomic mass is 35.5. The van der Waals surface area contributed by atoms with E-state index in [9.17, 15) is 0 Å². The first-order valence-electron chi connectivity index (χ1n) is 6.53. The molecular weight excluding hydrogens is 269 g/mol. The number of rotatable bonds is 5. The lowest BCUT2D eigenvalue weighted by molar-refractivity contribution is 0.132. The van der Waals surface area contributed by atoms with Gasteiger partial charge in [0.2, 0.25) is 0 Å². The summed E-state index contributed by atoms with van der Waals surface area (Å²) < 4.78 is 6.09. The molecule has 18 heavy (non-hydrogen) atoms. The molecule has 2 unspecified atom stereocenters. The lowest BCUT2D eigenvalue weighted by Gasteiger charge is -2.24. The van der Waals surface area contributed by atoms with Gasteiger partial charge in [0.05, 0.1) is 10.0 Å². The molecule has 2 rings (SSSR count). The van der Waals surface area contributed by atoms with Gasteiger partial charge in [0.1, 0.15) is 11.9 Å². The molecule has 0 bridgehead atoms. The third-order valence-corrected chi connectivity index (χ3v) is 4.11. The Hall–Kier alpha value is -0.440. The van der Waals surface area contributed by atoms with E-state index >= 15 is 0 Å². The lowest BCUT2D eigenvalue weighted by atomic mass is 9.97. The van der Waals surface area contributed by atoms with Crippen molar-refractivity contribution in [1.82, 2.24) is 5.32 Å². The average Bonchev–Trinajstić information content (AvgIpc) is 2.87. The fraction of sp³-hybridized carbons (Fsp3) is 0.571. The molecule has 2 atom stereocenters. The molecular formula is C14H19Cl2NO. The van der Waals surface area contributed by atoms with E-state index in [1.165, 1.54) is 6.42 Å². The second-order valence-corrected chi connectivity index (χ2v) is 5.59. The first-order chi connectivity index (χ1) is 8.70. The Kier molecular flexibility index (Phi) is 5.16. The molecule has 1 aromatic carbocycles. The van der Waals surface area contributed by atoms with Crippen molar-refractivity contribution < 1.29 is 4.74 Å². The van der Waals surface area contributed by atoms with Gasteiger partial charge in [-0.2, -0.15) is 0 Å². The molecule has 2 nitrogen and oxygen atoms in total. The van der Waals surface area contributed by atoms with Crippen molar-refractivity contribution in [2.24, 2.45) is 5.92 Å². The SMILES string of the molecule is CCCC(Oc1ccc(Cl)c(Cl)c1)C1CCNC1. The van der Waals surface area contributed by atoms with Gasteiger partial charge in [0.25, 0.3) is 0 Å². The van der Waals surface area contributed by atoms with Crippen molar-refractivity contribution >= 4 is 23.2 Å². The molecule has 0 spiro atoms. The maximum atomic E-state index is 6.09. The fourth-order valence-electron chi connectivity index (χ4n) is 2.39. The van der Waals surface area contributed by atoms with E-state index in [0.717, 1.165) is 31.7 Å². The summed E-state index contributed by atoms with van der Waals surface area (Å²) in [6, 6.07) is 5.48. The van der Waals surface area contributed by atoms with Crippen LogP contribution in [0.3, 0.4) is 0 Å². The van der Waals surface area contributed by atoms with Crippen LogP contribution in [0.15, 0.2) is 18.2 Å². The summed E-state index contributed by atoms with van der Waals surface area (Å²) in [4.78, 5) is 0. The average molecular weight is 288 g/mol. The molecule has 100 valence electrons. The highest BCUT2D eigenvalue weighted by Crippen LogP contribution is 2.29. The zero-order valence-electron chi connectivity index (χ0n) is 10.6. The highest BCUT2D eigenvalue weighted by Gasteiger charge is 2.25. The lowest BCUT2D eigenvalue weighted by Crippen LogP contribution is -2.28. The minimum atomic E-state index is 0.266. The van der Waals surface area contributed by atoms with Gasteiger partial charge in [0, 0.05) is 18.5 Å². The zero-order chi connectivity index (χ0) is 13.0. The van der Waals surface area contributed by atoms with Crippen LogP contribution in [0.25, 0.3) is 0 Å². The Labute approximate surface area is 119 Å². The molecule has 1 saturated heterocycles. The molecule has 1 N–H and O–H groups in total. The second kappa shape index (κ2) is 6.65. The van der Waals surface area contributed by atoms with Gasteiger partial charge in [-0.05, 0) is 31.5 Å². The highest BCUT2D eigenvalue weighted by molar-refractivity contribution is 6.42. The third kappa shape index (κ3) is 3.53. The van der Waals surface area contributed by atoms with Crippen LogP contribution in [0.4, 0.5) is 0 Å². The standard InChI is InChI=1S/C14H19Cl2NO/c1-2-3-14(10-6-7-17-9-10)18-11-4-5-12(15)13(16)8-11/h4-5,8,10,14,17H,2-3,6-7,9H2,1H3. The van der Waals surface area contributed by atoms with Crippen LogP contribution in [0, 0.1) is 5.92 Å². The quantitative estimate of drug-likeness (QED) is 0.878. The van der Waals surface area contributed by atoms with Gasteiger partial charge < -0.3 is 10.1 Å². The molecule has 0 radical (unpaired) electrons. The van der Waals surface area contributed by atoms with Crippen LogP contribution in [0.1, 0.15) is 26.2 Å². The molecule has 1 aliphatic rings. The van der Waals surface area contributed by atoms with E-state index in [4.69, 9.17) is 27.9 Å². The number of ether oxygens (including phenoxy) is 1. The van der Waals surface area contributed by atoms with Gasteiger partial charge >= 0.3 is 0 Å². The number of nitrogens with one attached hydrogen (secondary N) is 1. The van der Waals surface area contributed by atoms with Gasteiger partial charge in [-0.25, -0.2) is 0 Å². The minimum absolute atomic E-state index is 0.266. The van der Waals surface area contributed by atoms with E-state index in [1.54, 1.807) is 12.1 Å². The third-order valence-electron chi connectivity index (χ3n) is 3.38. The van der Waals surface area contributed by atoms with Gasteiger partial charge in [-0.15, -0.1) is 0 Å². The van der Waals surface area contributed by atoms with Crippen LogP contribution in [-0.2, 0) is 0 Å². The van der Waals surface area contributed by atoms with Crippen molar-refractivity contribution in [2.75, 3.05) is 13.1 Å². The molecule has 1 heterocycles. The zero-order valence-corrected chi connectivity index (χ0v) is 12.1. The van der Waals surface area contributed by atoms with Crippen LogP contribution in [0.5, 0.6) is 5.75 Å². The van der Waals surface area contributed by atoms with E-state index in [1.807, 2.05) is 6.07 Å². The fourth-order valence-corrected chi connectivity index (χ4v) is 2.68. The van der Waals surface area contributed by atoms with Crippen molar-refractivity contribution in [3.63, 3.8) is 0 Å². The predicted molar refractivity (Wildman–Crippen MR) is 76.8 cm³/mol. The maximum absolute atomic E-state index is 6.09. The topological polar surface area (TPSA) is 21.3 Å². The molecule has 1 aromatic rings. The molecule has 1 aliphatic heterocycles. The Morgan fingerprint density at radius 2 is 2.22 bits per heavy atom. The summed E-state index contributed by atoms with van der Waals surface area (Å²) in [6.45, 7) is 4.33. The summed E-state index contributed by atoms with van der Waals surface area (Å²) in [5, 5.41) is 4.51. The van der Waals surface area contributed by atoms with Crippen LogP contribution in [-0.4, -0.2) is 19.2 Å². The van der Waals surface area contributed by atoms with Gasteiger partial charge in [0.15, 0.2) is 0 Å². The summed E-state index contributed by atoms with van der Waals surface area (Å²) in [5.41, 5.74) is 0. The Morgan fingerprint density at radius 3 is 2.83 bits per heavy atom. The number of hydrogen-bond acceptors (Lipinski definition) is 2. The Bertz CT molecular complexity index is 391. The molecule has 0 saturated carbocycles. The normalized spacial score (nSPS) is 20.9. The van der Waals surface area contributed by atoms with E-state index < -0.39 is 0 Å². The maximum Gasteiger partial charge on any atom is 0.121 e. The van der Waals surface area contributed by atoms with Crippen molar-refractivity contribution in [1.29, 1.82) is 0 Å². The number of benzene rings is 1. The first kappa shape index (κ1) is 14.0. The largest absolute Gasteiger partial charge is 0.490 e.